The fraction of sp³-hybridized carbons (Fsp3) is 0.600. The Hall–Kier alpha value is -0.330. The number of halogens is 2. The maximum atomic E-state index is 12.4. The van der Waals surface area contributed by atoms with Gasteiger partial charge in [-0.25, -0.2) is 13.1 Å². The van der Waals surface area contributed by atoms with Gasteiger partial charge in [0.25, 0.3) is 0 Å². The normalized spacial score (nSPS) is 18.6. The van der Waals surface area contributed by atoms with Crippen molar-refractivity contribution < 1.29 is 8.42 Å². The molecule has 0 radical (unpaired) electrons. The van der Waals surface area contributed by atoms with Gasteiger partial charge in [-0.15, -0.1) is 0 Å². The van der Waals surface area contributed by atoms with Crippen LogP contribution in [0.4, 0.5) is 0 Å². The molecular formula is C15H22Cl2N2O2S. The lowest BCUT2D eigenvalue weighted by molar-refractivity contribution is 0.100. The predicted octanol–water partition coefficient (Wildman–Crippen LogP) is 3.53. The molecule has 1 N–H and O–H groups in total. The SMILES string of the molecule is CC(C)(C)N1CCC(NS(=O)(=O)c2ccc(Cl)c(Cl)c2)CC1. The first-order valence-corrected chi connectivity index (χ1v) is 9.56. The standard InChI is InChI=1S/C15H22Cl2N2O2S/c1-15(2,3)19-8-6-11(7-9-19)18-22(20,21)12-4-5-13(16)14(17)10-12/h4-5,10-11,18H,6-9H2,1-3H3. The molecule has 1 aromatic carbocycles. The average Bonchev–Trinajstić information content (AvgIpc) is 2.41. The summed E-state index contributed by atoms with van der Waals surface area (Å²) < 4.78 is 27.6. The number of likely N-dealkylation sites (tertiary alicyclic amines) is 1. The highest BCUT2D eigenvalue weighted by atomic mass is 35.5. The lowest BCUT2D eigenvalue weighted by atomic mass is 9.99. The Balaban J connectivity index is 2.03. The van der Waals surface area contributed by atoms with Crippen LogP contribution >= 0.6 is 23.2 Å². The van der Waals surface area contributed by atoms with Crippen molar-refractivity contribution in [1.29, 1.82) is 0 Å². The summed E-state index contributed by atoms with van der Waals surface area (Å²) in [5, 5.41) is 0.589. The zero-order valence-corrected chi connectivity index (χ0v) is 15.4. The van der Waals surface area contributed by atoms with Crippen molar-refractivity contribution >= 4 is 33.2 Å². The van der Waals surface area contributed by atoms with Crippen LogP contribution in [0.25, 0.3) is 0 Å². The molecule has 4 nitrogen and oxygen atoms in total. The van der Waals surface area contributed by atoms with E-state index in [9.17, 15) is 8.42 Å². The first-order chi connectivity index (χ1) is 10.1. The first kappa shape index (κ1) is 18.0. The van der Waals surface area contributed by atoms with Crippen molar-refractivity contribution in [1.82, 2.24) is 9.62 Å². The second kappa shape index (κ2) is 6.65. The number of nitrogens with one attached hydrogen (secondary N) is 1. The van der Waals surface area contributed by atoms with E-state index in [2.05, 4.69) is 30.4 Å². The number of piperidine rings is 1. The molecule has 124 valence electrons. The third-order valence-electron chi connectivity index (χ3n) is 3.97. The van der Waals surface area contributed by atoms with Crippen LogP contribution in [0.5, 0.6) is 0 Å². The molecule has 7 heteroatoms. The molecule has 0 spiro atoms. The Morgan fingerprint density at radius 1 is 1.14 bits per heavy atom. The molecule has 0 saturated carbocycles. The number of rotatable bonds is 3. The summed E-state index contributed by atoms with van der Waals surface area (Å²) in [7, 11) is -3.56. The van der Waals surface area contributed by atoms with Crippen molar-refractivity contribution in [2.24, 2.45) is 0 Å². The summed E-state index contributed by atoms with van der Waals surface area (Å²) in [5.41, 5.74) is 0.119. The molecule has 0 aromatic heterocycles. The maximum Gasteiger partial charge on any atom is 0.240 e. The van der Waals surface area contributed by atoms with Gasteiger partial charge in [0.1, 0.15) is 0 Å². The molecule has 0 amide bonds. The molecule has 0 unspecified atom stereocenters. The fourth-order valence-corrected chi connectivity index (χ4v) is 4.29. The predicted molar refractivity (Wildman–Crippen MR) is 91.1 cm³/mol. The summed E-state index contributed by atoms with van der Waals surface area (Å²) in [6.45, 7) is 8.30. The van der Waals surface area contributed by atoms with Crippen molar-refractivity contribution in [3.8, 4) is 0 Å². The van der Waals surface area contributed by atoms with E-state index in [4.69, 9.17) is 23.2 Å². The summed E-state index contributed by atoms with van der Waals surface area (Å²) in [5.74, 6) is 0. The van der Waals surface area contributed by atoms with Crippen LogP contribution in [0.2, 0.25) is 10.0 Å². The lowest BCUT2D eigenvalue weighted by Crippen LogP contribution is -2.50. The molecular weight excluding hydrogens is 343 g/mol. The van der Waals surface area contributed by atoms with Crippen LogP contribution in [-0.2, 0) is 10.0 Å². The topological polar surface area (TPSA) is 49.4 Å². The van der Waals surface area contributed by atoms with E-state index in [1.807, 2.05) is 0 Å². The van der Waals surface area contributed by atoms with Gasteiger partial charge in [-0.05, 0) is 51.8 Å². The summed E-state index contributed by atoms with van der Waals surface area (Å²) in [6, 6.07) is 4.32. The maximum absolute atomic E-state index is 12.4. The second-order valence-corrected chi connectivity index (χ2v) is 9.16. The van der Waals surface area contributed by atoms with Crippen molar-refractivity contribution in [3.05, 3.63) is 28.2 Å². The molecule has 2 rings (SSSR count). The van der Waals surface area contributed by atoms with Crippen LogP contribution in [-0.4, -0.2) is 38.0 Å². The highest BCUT2D eigenvalue weighted by molar-refractivity contribution is 7.89. The highest BCUT2D eigenvalue weighted by Gasteiger charge is 2.29. The summed E-state index contributed by atoms with van der Waals surface area (Å²) >= 11 is 11.7. The van der Waals surface area contributed by atoms with Gasteiger partial charge in [0, 0.05) is 24.7 Å². The number of sulfonamides is 1. The molecule has 1 fully saturated rings. The average molecular weight is 365 g/mol. The van der Waals surface area contributed by atoms with Crippen LogP contribution < -0.4 is 4.72 Å². The minimum Gasteiger partial charge on any atom is -0.298 e. The van der Waals surface area contributed by atoms with E-state index in [0.29, 0.717) is 5.02 Å². The minimum atomic E-state index is -3.56. The highest BCUT2D eigenvalue weighted by Crippen LogP contribution is 2.26. The lowest BCUT2D eigenvalue weighted by Gasteiger charge is -2.40. The van der Waals surface area contributed by atoms with Crippen LogP contribution in [0.3, 0.4) is 0 Å². The second-order valence-electron chi connectivity index (χ2n) is 6.63. The molecule has 1 saturated heterocycles. The van der Waals surface area contributed by atoms with Gasteiger partial charge in [-0.1, -0.05) is 23.2 Å². The van der Waals surface area contributed by atoms with Gasteiger partial charge < -0.3 is 0 Å². The molecule has 0 atom stereocenters. The van der Waals surface area contributed by atoms with E-state index >= 15 is 0 Å². The third-order valence-corrected chi connectivity index (χ3v) is 6.22. The molecule has 1 aromatic rings. The fourth-order valence-electron chi connectivity index (χ4n) is 2.60. The molecule has 1 aliphatic heterocycles. The Labute approximate surface area is 142 Å². The molecule has 0 bridgehead atoms. The molecule has 22 heavy (non-hydrogen) atoms. The Morgan fingerprint density at radius 2 is 1.73 bits per heavy atom. The van der Waals surface area contributed by atoms with Gasteiger partial charge in [-0.3, -0.25) is 4.90 Å². The number of hydrogen-bond donors (Lipinski definition) is 1. The summed E-state index contributed by atoms with van der Waals surface area (Å²) in [4.78, 5) is 2.52. The largest absolute Gasteiger partial charge is 0.298 e. The number of benzene rings is 1. The Bertz CT molecular complexity index is 633. The van der Waals surface area contributed by atoms with Crippen molar-refractivity contribution in [2.45, 2.75) is 50.1 Å². The molecule has 1 aliphatic rings. The zero-order valence-electron chi connectivity index (χ0n) is 13.1. The Kier molecular flexibility index (Phi) is 5.45. The number of hydrogen-bond acceptors (Lipinski definition) is 3. The minimum absolute atomic E-state index is 0.0435. The Morgan fingerprint density at radius 3 is 2.23 bits per heavy atom. The smallest absolute Gasteiger partial charge is 0.240 e. The van der Waals surface area contributed by atoms with Gasteiger partial charge >= 0.3 is 0 Å². The first-order valence-electron chi connectivity index (χ1n) is 7.32. The van der Waals surface area contributed by atoms with E-state index < -0.39 is 10.0 Å². The van der Waals surface area contributed by atoms with Crippen LogP contribution in [0.15, 0.2) is 23.1 Å². The molecule has 0 aliphatic carbocycles. The monoisotopic (exact) mass is 364 g/mol. The summed E-state index contributed by atoms with van der Waals surface area (Å²) in [6.07, 6.45) is 1.61. The van der Waals surface area contributed by atoms with Crippen molar-refractivity contribution in [3.63, 3.8) is 0 Å². The van der Waals surface area contributed by atoms with E-state index in [1.54, 1.807) is 0 Å². The van der Waals surface area contributed by atoms with E-state index in [-0.39, 0.29) is 21.5 Å². The zero-order chi connectivity index (χ0) is 16.5. The van der Waals surface area contributed by atoms with Crippen LogP contribution in [0.1, 0.15) is 33.6 Å². The quantitative estimate of drug-likeness (QED) is 0.892. The van der Waals surface area contributed by atoms with Gasteiger partial charge in [0.2, 0.25) is 10.0 Å². The molecule has 1 heterocycles. The van der Waals surface area contributed by atoms with Crippen LogP contribution in [0, 0.1) is 0 Å². The van der Waals surface area contributed by atoms with Crippen molar-refractivity contribution in [2.75, 3.05) is 13.1 Å². The van der Waals surface area contributed by atoms with Gasteiger partial charge in [0.15, 0.2) is 0 Å². The van der Waals surface area contributed by atoms with E-state index in [0.717, 1.165) is 25.9 Å². The van der Waals surface area contributed by atoms with Gasteiger partial charge in [-0.2, -0.15) is 0 Å². The third kappa shape index (κ3) is 4.36. The van der Waals surface area contributed by atoms with E-state index in [1.165, 1.54) is 18.2 Å². The number of nitrogens with zero attached hydrogens (tertiary/aromatic N) is 1. The van der Waals surface area contributed by atoms with Gasteiger partial charge in [0.05, 0.1) is 14.9 Å².